The number of halogens is 2. The molecule has 0 radical (unpaired) electrons. The Labute approximate surface area is 209 Å². The summed E-state index contributed by atoms with van der Waals surface area (Å²) in [6, 6.07) is 4.54. The maximum Gasteiger partial charge on any atom is 0.407 e. The summed E-state index contributed by atoms with van der Waals surface area (Å²) in [5.74, 6) is -0.598. The predicted molar refractivity (Wildman–Crippen MR) is 131 cm³/mol. The van der Waals surface area contributed by atoms with Crippen LogP contribution in [0.25, 0.3) is 0 Å². The van der Waals surface area contributed by atoms with Gasteiger partial charge in [-0.2, -0.15) is 5.10 Å². The average molecular weight is 529 g/mol. The SMILES string of the molecule is Cc1nn(C/C(F)=C/CNC(=O)OC(C)(C)C)c(C=O)c1Cc1ccc(S(=O)(=O)N(C)C)c(Cl)c1. The van der Waals surface area contributed by atoms with Gasteiger partial charge in [-0.05, 0) is 51.5 Å². The van der Waals surface area contributed by atoms with Crippen molar-refractivity contribution in [3.63, 3.8) is 0 Å². The minimum absolute atomic E-state index is 0.0249. The highest BCUT2D eigenvalue weighted by Crippen LogP contribution is 2.27. The summed E-state index contributed by atoms with van der Waals surface area (Å²) < 4.78 is 46.6. The van der Waals surface area contributed by atoms with Crippen LogP contribution < -0.4 is 5.32 Å². The molecule has 2 aromatic rings. The van der Waals surface area contributed by atoms with Crippen molar-refractivity contribution in [2.45, 2.75) is 51.2 Å². The molecule has 1 aromatic heterocycles. The Morgan fingerprint density at radius 1 is 1.31 bits per heavy atom. The Morgan fingerprint density at radius 3 is 2.51 bits per heavy atom. The van der Waals surface area contributed by atoms with Gasteiger partial charge in [-0.25, -0.2) is 21.9 Å². The van der Waals surface area contributed by atoms with Gasteiger partial charge in [0.2, 0.25) is 10.0 Å². The zero-order chi connectivity index (χ0) is 26.6. The number of ether oxygens (including phenoxy) is 1. The molecule has 0 fully saturated rings. The van der Waals surface area contributed by atoms with E-state index in [1.165, 1.54) is 37.0 Å². The fourth-order valence-electron chi connectivity index (χ4n) is 3.14. The standard InChI is InChI=1S/C23H30ClFN4O5S/c1-15-18(11-16-7-8-21(19(24)12-16)35(32,33)28(5)6)20(14-30)29(27-15)13-17(25)9-10-26-22(31)34-23(2,3)4/h7-9,12,14H,10-11,13H2,1-6H3,(H,26,31)/b17-9-. The zero-order valence-electron chi connectivity index (χ0n) is 20.6. The Kier molecular flexibility index (Phi) is 9.21. The molecule has 0 atom stereocenters. The number of amides is 1. The highest BCUT2D eigenvalue weighted by molar-refractivity contribution is 7.89. The van der Waals surface area contributed by atoms with Crippen molar-refractivity contribution < 1.29 is 27.1 Å². The van der Waals surface area contributed by atoms with E-state index in [0.717, 1.165) is 4.31 Å². The maximum atomic E-state index is 14.4. The quantitative estimate of drug-likeness (QED) is 0.494. The maximum absolute atomic E-state index is 14.4. The topological polar surface area (TPSA) is 111 Å². The molecule has 0 bridgehead atoms. The van der Waals surface area contributed by atoms with E-state index in [9.17, 15) is 22.4 Å². The number of benzene rings is 1. The molecule has 0 saturated carbocycles. The number of nitrogens with zero attached hydrogens (tertiary/aromatic N) is 3. The number of nitrogens with one attached hydrogen (secondary N) is 1. The molecule has 1 aromatic carbocycles. The van der Waals surface area contributed by atoms with Crippen LogP contribution in [0.15, 0.2) is 35.0 Å². The van der Waals surface area contributed by atoms with E-state index in [1.807, 2.05) is 0 Å². The minimum Gasteiger partial charge on any atom is -0.444 e. The molecule has 1 N–H and O–H groups in total. The molecule has 0 spiro atoms. The summed E-state index contributed by atoms with van der Waals surface area (Å²) in [5, 5.41) is 6.75. The lowest BCUT2D eigenvalue weighted by Gasteiger charge is -2.19. The van der Waals surface area contributed by atoms with Gasteiger partial charge in [0.15, 0.2) is 6.29 Å². The molecule has 192 valence electrons. The predicted octanol–water partition coefficient (Wildman–Crippen LogP) is 3.88. The fraction of sp³-hybridized carbons (Fsp3) is 0.435. The second-order valence-corrected chi connectivity index (χ2v) is 11.5. The van der Waals surface area contributed by atoms with Crippen molar-refractivity contribution in [2.24, 2.45) is 0 Å². The zero-order valence-corrected chi connectivity index (χ0v) is 22.1. The van der Waals surface area contributed by atoms with Gasteiger partial charge < -0.3 is 10.1 Å². The van der Waals surface area contributed by atoms with Crippen molar-refractivity contribution >= 4 is 34.0 Å². The van der Waals surface area contributed by atoms with Crippen molar-refractivity contribution in [1.29, 1.82) is 0 Å². The number of carbonyl (C=O) groups excluding carboxylic acids is 2. The fourth-order valence-corrected chi connectivity index (χ4v) is 4.57. The van der Waals surface area contributed by atoms with Crippen LogP contribution in [0.4, 0.5) is 9.18 Å². The first-order valence-electron chi connectivity index (χ1n) is 10.7. The first-order valence-corrected chi connectivity index (χ1v) is 12.5. The third-order valence-corrected chi connectivity index (χ3v) is 7.11. The van der Waals surface area contributed by atoms with Crippen molar-refractivity contribution in [3.8, 4) is 0 Å². The highest BCUT2D eigenvalue weighted by atomic mass is 35.5. The lowest BCUT2D eigenvalue weighted by atomic mass is 10.0. The number of aromatic nitrogens is 2. The summed E-state index contributed by atoms with van der Waals surface area (Å²) in [6.07, 6.45) is 1.33. The van der Waals surface area contributed by atoms with Crippen LogP contribution in [0, 0.1) is 6.92 Å². The van der Waals surface area contributed by atoms with E-state index in [-0.39, 0.29) is 35.1 Å². The number of hydrogen-bond donors (Lipinski definition) is 1. The van der Waals surface area contributed by atoms with Crippen LogP contribution in [0.3, 0.4) is 0 Å². The van der Waals surface area contributed by atoms with Gasteiger partial charge in [-0.3, -0.25) is 9.48 Å². The Balaban J connectivity index is 2.18. The van der Waals surface area contributed by atoms with Gasteiger partial charge in [0.05, 0.1) is 17.3 Å². The summed E-state index contributed by atoms with van der Waals surface area (Å²) >= 11 is 6.23. The van der Waals surface area contributed by atoms with Crippen molar-refractivity contribution in [1.82, 2.24) is 19.4 Å². The molecule has 0 saturated heterocycles. The Morgan fingerprint density at radius 2 is 1.97 bits per heavy atom. The third kappa shape index (κ3) is 7.61. The number of allylic oxidation sites excluding steroid dienone is 1. The average Bonchev–Trinajstić information content (AvgIpc) is 3.00. The minimum atomic E-state index is -3.70. The van der Waals surface area contributed by atoms with Crippen LogP contribution in [-0.2, 0) is 27.7 Å². The molecule has 2 rings (SSSR count). The summed E-state index contributed by atoms with van der Waals surface area (Å²) in [4.78, 5) is 23.4. The monoisotopic (exact) mass is 528 g/mol. The van der Waals surface area contributed by atoms with Crippen LogP contribution in [0.5, 0.6) is 0 Å². The van der Waals surface area contributed by atoms with Gasteiger partial charge in [0, 0.05) is 32.6 Å². The third-order valence-electron chi connectivity index (χ3n) is 4.81. The van der Waals surface area contributed by atoms with Gasteiger partial charge in [0.25, 0.3) is 0 Å². The first-order chi connectivity index (χ1) is 16.2. The smallest absolute Gasteiger partial charge is 0.407 e. The molecule has 0 aliphatic rings. The largest absolute Gasteiger partial charge is 0.444 e. The second-order valence-electron chi connectivity index (χ2n) is 8.99. The number of hydrogen-bond acceptors (Lipinski definition) is 6. The molecular weight excluding hydrogens is 499 g/mol. The lowest BCUT2D eigenvalue weighted by Crippen LogP contribution is -2.32. The summed E-state index contributed by atoms with van der Waals surface area (Å²) in [7, 11) is -0.880. The number of carbonyl (C=O) groups is 2. The molecule has 0 unspecified atom stereocenters. The molecular formula is C23H30ClFN4O5S. The van der Waals surface area contributed by atoms with Gasteiger partial charge in [0.1, 0.15) is 22.0 Å². The van der Waals surface area contributed by atoms with E-state index >= 15 is 0 Å². The van der Waals surface area contributed by atoms with Crippen LogP contribution >= 0.6 is 11.6 Å². The van der Waals surface area contributed by atoms with Crippen LogP contribution in [0.1, 0.15) is 48.1 Å². The number of rotatable bonds is 9. The molecule has 0 aliphatic carbocycles. The number of aldehydes is 1. The van der Waals surface area contributed by atoms with Gasteiger partial charge in [-0.1, -0.05) is 17.7 Å². The van der Waals surface area contributed by atoms with E-state index in [2.05, 4.69) is 10.4 Å². The lowest BCUT2D eigenvalue weighted by molar-refractivity contribution is 0.0533. The highest BCUT2D eigenvalue weighted by Gasteiger charge is 2.22. The molecule has 12 heteroatoms. The molecule has 1 heterocycles. The van der Waals surface area contributed by atoms with E-state index in [4.69, 9.17) is 16.3 Å². The Bertz CT molecular complexity index is 1230. The summed E-state index contributed by atoms with van der Waals surface area (Å²) in [5.41, 5.74) is 1.27. The molecule has 0 aliphatic heterocycles. The number of alkyl carbamates (subject to hydrolysis) is 1. The van der Waals surface area contributed by atoms with E-state index in [1.54, 1.807) is 33.8 Å². The summed E-state index contributed by atoms with van der Waals surface area (Å²) in [6.45, 7) is 6.45. The molecule has 1 amide bonds. The first kappa shape index (κ1) is 28.5. The second kappa shape index (κ2) is 11.3. The number of sulfonamides is 1. The van der Waals surface area contributed by atoms with E-state index < -0.39 is 27.5 Å². The van der Waals surface area contributed by atoms with Crippen molar-refractivity contribution in [3.05, 3.63) is 57.6 Å². The van der Waals surface area contributed by atoms with Gasteiger partial charge >= 0.3 is 6.09 Å². The van der Waals surface area contributed by atoms with Crippen LogP contribution in [-0.4, -0.2) is 61.1 Å². The molecule has 35 heavy (non-hydrogen) atoms. The normalized spacial score (nSPS) is 12.7. The van der Waals surface area contributed by atoms with Crippen molar-refractivity contribution in [2.75, 3.05) is 20.6 Å². The number of aryl methyl sites for hydroxylation is 1. The molecule has 9 nitrogen and oxygen atoms in total. The Hall–Kier alpha value is -2.76. The van der Waals surface area contributed by atoms with E-state index in [0.29, 0.717) is 23.1 Å². The van der Waals surface area contributed by atoms with Crippen LogP contribution in [0.2, 0.25) is 5.02 Å². The van der Waals surface area contributed by atoms with Gasteiger partial charge in [-0.15, -0.1) is 0 Å².